The summed E-state index contributed by atoms with van der Waals surface area (Å²) in [5.74, 6) is -0.0106. The molecule has 0 aliphatic carbocycles. The van der Waals surface area contributed by atoms with E-state index in [1.807, 2.05) is 0 Å². The molecule has 0 saturated carbocycles. The lowest BCUT2D eigenvalue weighted by molar-refractivity contribution is -0.162. The molecular weight excluding hydrogens is 171 g/mol. The van der Waals surface area contributed by atoms with Gasteiger partial charge in [-0.05, 0) is 18.8 Å². The van der Waals surface area contributed by atoms with Crippen molar-refractivity contribution in [2.75, 3.05) is 13.2 Å². The molecule has 1 heterocycles. The zero-order valence-electron chi connectivity index (χ0n) is 6.56. The van der Waals surface area contributed by atoms with E-state index >= 15 is 0 Å². The van der Waals surface area contributed by atoms with Gasteiger partial charge in [0.15, 0.2) is 0 Å². The van der Waals surface area contributed by atoms with Gasteiger partial charge in [0.1, 0.15) is 6.04 Å². The molecule has 0 unspecified atom stereocenters. The van der Waals surface area contributed by atoms with Gasteiger partial charge in [0, 0.05) is 13.2 Å². The van der Waals surface area contributed by atoms with Crippen LogP contribution in [0.1, 0.15) is 12.8 Å². The molecule has 72 valence electrons. The van der Waals surface area contributed by atoms with Gasteiger partial charge in [0.25, 0.3) is 0 Å². The smallest absolute Gasteiger partial charge is 0.396 e. The largest absolute Gasteiger partial charge is 0.403 e. The number of rotatable bonds is 1. The summed E-state index contributed by atoms with van der Waals surface area (Å²) in [6.07, 6.45) is -3.61. The molecule has 0 aromatic rings. The van der Waals surface area contributed by atoms with Crippen LogP contribution in [0.4, 0.5) is 13.2 Å². The molecule has 1 fully saturated rings. The van der Waals surface area contributed by atoms with Crippen molar-refractivity contribution in [2.24, 2.45) is 5.92 Å². The molecule has 0 bridgehead atoms. The molecule has 1 aliphatic heterocycles. The fraction of sp³-hybridized carbons (Fsp3) is 1.00. The average Bonchev–Trinajstić information content (AvgIpc) is 2.03. The molecule has 5 heteroatoms. The Bertz CT molecular complexity index is 140. The number of piperidine rings is 1. The summed E-state index contributed by atoms with van der Waals surface area (Å²) in [6, 6.07) is -1.37. The minimum Gasteiger partial charge on any atom is -0.396 e. The summed E-state index contributed by atoms with van der Waals surface area (Å²) >= 11 is 0. The van der Waals surface area contributed by atoms with Crippen LogP contribution in [0.25, 0.3) is 0 Å². The maximum Gasteiger partial charge on any atom is 0.403 e. The molecule has 0 spiro atoms. The van der Waals surface area contributed by atoms with E-state index < -0.39 is 12.2 Å². The van der Waals surface area contributed by atoms with Crippen molar-refractivity contribution in [3.63, 3.8) is 0 Å². The molecule has 0 radical (unpaired) electrons. The zero-order chi connectivity index (χ0) is 9.19. The first-order valence-corrected chi connectivity index (χ1v) is 3.95. The van der Waals surface area contributed by atoms with E-state index in [1.165, 1.54) is 0 Å². The minimum absolute atomic E-state index is 0.0106. The van der Waals surface area contributed by atoms with Gasteiger partial charge >= 0.3 is 6.18 Å². The third-order valence-electron chi connectivity index (χ3n) is 2.17. The Labute approximate surface area is 68.8 Å². The van der Waals surface area contributed by atoms with Crippen LogP contribution in [-0.2, 0) is 0 Å². The monoisotopic (exact) mass is 183 g/mol. The maximum absolute atomic E-state index is 12.0. The van der Waals surface area contributed by atoms with Gasteiger partial charge in [-0.1, -0.05) is 0 Å². The summed E-state index contributed by atoms with van der Waals surface area (Å²) in [5.41, 5.74) is 0. The van der Waals surface area contributed by atoms with Crippen LogP contribution in [0, 0.1) is 5.92 Å². The fourth-order valence-electron chi connectivity index (χ4n) is 1.35. The van der Waals surface area contributed by atoms with Crippen molar-refractivity contribution in [3.8, 4) is 0 Å². The molecule has 0 aromatic carbocycles. The Morgan fingerprint density at radius 2 is 2.00 bits per heavy atom. The summed E-state index contributed by atoms with van der Waals surface area (Å²) in [6.45, 7) is 0.234. The van der Waals surface area contributed by atoms with Crippen LogP contribution in [0.15, 0.2) is 0 Å². The second kappa shape index (κ2) is 3.62. The second-order valence-corrected chi connectivity index (χ2v) is 3.13. The van der Waals surface area contributed by atoms with Crippen molar-refractivity contribution < 1.29 is 18.3 Å². The lowest BCUT2D eigenvalue weighted by atomic mass is 9.95. The van der Waals surface area contributed by atoms with E-state index in [4.69, 9.17) is 5.11 Å². The summed E-state index contributed by atoms with van der Waals surface area (Å²) in [7, 11) is 0. The highest BCUT2D eigenvalue weighted by molar-refractivity contribution is 4.82. The molecule has 2 N–H and O–H groups in total. The zero-order valence-corrected chi connectivity index (χ0v) is 6.56. The number of aliphatic hydroxyl groups is 1. The predicted molar refractivity (Wildman–Crippen MR) is 37.7 cm³/mol. The van der Waals surface area contributed by atoms with E-state index in [2.05, 4.69) is 5.32 Å². The third kappa shape index (κ3) is 2.35. The standard InChI is InChI=1S/C7H12F3NO/c8-7(9,10)6-2-1-5(4-12)3-11-6/h5-6,11-12H,1-4H2/t5-,6-/m1/s1. The van der Waals surface area contributed by atoms with Crippen molar-refractivity contribution >= 4 is 0 Å². The van der Waals surface area contributed by atoms with E-state index in [-0.39, 0.29) is 25.5 Å². The molecular formula is C7H12F3NO. The van der Waals surface area contributed by atoms with E-state index in [9.17, 15) is 13.2 Å². The van der Waals surface area contributed by atoms with Gasteiger partial charge < -0.3 is 10.4 Å². The van der Waals surface area contributed by atoms with Crippen LogP contribution in [0.3, 0.4) is 0 Å². The highest BCUT2D eigenvalue weighted by atomic mass is 19.4. The number of halogens is 3. The van der Waals surface area contributed by atoms with Crippen LogP contribution in [0.2, 0.25) is 0 Å². The molecule has 12 heavy (non-hydrogen) atoms. The highest BCUT2D eigenvalue weighted by Crippen LogP contribution is 2.27. The minimum atomic E-state index is -4.14. The average molecular weight is 183 g/mol. The first-order chi connectivity index (χ1) is 5.54. The Morgan fingerprint density at radius 3 is 2.33 bits per heavy atom. The number of nitrogens with one attached hydrogen (secondary N) is 1. The van der Waals surface area contributed by atoms with Crippen LogP contribution < -0.4 is 5.32 Å². The summed E-state index contributed by atoms with van der Waals surface area (Å²) in [4.78, 5) is 0. The summed E-state index contributed by atoms with van der Waals surface area (Å²) < 4.78 is 36.1. The van der Waals surface area contributed by atoms with Gasteiger partial charge in [0.05, 0.1) is 0 Å². The molecule has 1 saturated heterocycles. The first kappa shape index (κ1) is 9.80. The van der Waals surface area contributed by atoms with E-state index in [0.29, 0.717) is 6.42 Å². The lowest BCUT2D eigenvalue weighted by Crippen LogP contribution is -2.48. The number of alkyl halides is 3. The fourth-order valence-corrected chi connectivity index (χ4v) is 1.35. The van der Waals surface area contributed by atoms with Crippen LogP contribution >= 0.6 is 0 Å². The Morgan fingerprint density at radius 1 is 1.33 bits per heavy atom. The molecule has 2 atom stereocenters. The van der Waals surface area contributed by atoms with E-state index in [1.54, 1.807) is 0 Å². The molecule has 0 amide bonds. The van der Waals surface area contributed by atoms with Gasteiger partial charge in [-0.2, -0.15) is 13.2 Å². The van der Waals surface area contributed by atoms with Gasteiger partial charge in [-0.3, -0.25) is 0 Å². The quantitative estimate of drug-likeness (QED) is 0.633. The number of aliphatic hydroxyl groups excluding tert-OH is 1. The van der Waals surface area contributed by atoms with Crippen molar-refractivity contribution in [3.05, 3.63) is 0 Å². The van der Waals surface area contributed by atoms with Crippen molar-refractivity contribution in [1.29, 1.82) is 0 Å². The second-order valence-electron chi connectivity index (χ2n) is 3.13. The van der Waals surface area contributed by atoms with Crippen molar-refractivity contribution in [1.82, 2.24) is 5.32 Å². The maximum atomic E-state index is 12.0. The molecule has 1 aliphatic rings. The highest BCUT2D eigenvalue weighted by Gasteiger charge is 2.41. The van der Waals surface area contributed by atoms with E-state index in [0.717, 1.165) is 0 Å². The predicted octanol–water partition coefficient (Wildman–Crippen LogP) is 0.909. The molecule has 1 rings (SSSR count). The van der Waals surface area contributed by atoms with Gasteiger partial charge in [-0.25, -0.2) is 0 Å². The topological polar surface area (TPSA) is 32.3 Å². The Hall–Kier alpha value is -0.290. The summed E-state index contributed by atoms with van der Waals surface area (Å²) in [5, 5.41) is 11.0. The Balaban J connectivity index is 2.36. The van der Waals surface area contributed by atoms with Gasteiger partial charge in [-0.15, -0.1) is 0 Å². The van der Waals surface area contributed by atoms with Gasteiger partial charge in [0.2, 0.25) is 0 Å². The van der Waals surface area contributed by atoms with Crippen molar-refractivity contribution in [2.45, 2.75) is 25.1 Å². The Kier molecular flexibility index (Phi) is 2.95. The number of hydrogen-bond acceptors (Lipinski definition) is 2. The lowest BCUT2D eigenvalue weighted by Gasteiger charge is -2.30. The molecule has 2 nitrogen and oxygen atoms in total. The molecule has 0 aromatic heterocycles. The van der Waals surface area contributed by atoms with Crippen LogP contribution in [0.5, 0.6) is 0 Å². The normalized spacial score (nSPS) is 32.0. The van der Waals surface area contributed by atoms with Crippen LogP contribution in [-0.4, -0.2) is 30.5 Å². The first-order valence-electron chi connectivity index (χ1n) is 3.95. The third-order valence-corrected chi connectivity index (χ3v) is 2.17. The number of hydrogen-bond donors (Lipinski definition) is 2. The SMILES string of the molecule is OC[C@@H]1CC[C@H](C(F)(F)F)NC1.